The largest absolute Gasteiger partial charge is 0.353 e. The van der Waals surface area contributed by atoms with Crippen molar-refractivity contribution in [2.45, 2.75) is 19.6 Å². The Morgan fingerprint density at radius 3 is 2.73 bits per heavy atom. The summed E-state index contributed by atoms with van der Waals surface area (Å²) in [4.78, 5) is 0. The van der Waals surface area contributed by atoms with Crippen LogP contribution >= 0.6 is 7.60 Å². The summed E-state index contributed by atoms with van der Waals surface area (Å²) in [6.45, 7) is 2.92. The van der Waals surface area contributed by atoms with Crippen molar-refractivity contribution in [2.24, 2.45) is 0 Å². The smallest absolute Gasteiger partial charge is 0.353 e. The maximum Gasteiger partial charge on any atom is 0.353 e. The van der Waals surface area contributed by atoms with Gasteiger partial charge in [-0.25, -0.2) is 0 Å². The van der Waals surface area contributed by atoms with Gasteiger partial charge in [0.25, 0.3) is 0 Å². The van der Waals surface area contributed by atoms with Crippen LogP contribution in [0.15, 0.2) is 11.4 Å². The maximum absolute atomic E-state index is 11.8. The van der Waals surface area contributed by atoms with Gasteiger partial charge in [-0.1, -0.05) is 0 Å². The van der Waals surface area contributed by atoms with Gasteiger partial charge in [0, 0.05) is 33.1 Å². The van der Waals surface area contributed by atoms with Crippen LogP contribution in [0, 0.1) is 0 Å². The minimum Gasteiger partial charge on any atom is -0.353 e. The van der Waals surface area contributed by atoms with Crippen molar-refractivity contribution < 1.29 is 23.1 Å². The van der Waals surface area contributed by atoms with Gasteiger partial charge in [-0.2, -0.15) is 0 Å². The summed E-state index contributed by atoms with van der Waals surface area (Å²) >= 11 is 0. The Bertz CT molecular complexity index is 268. The van der Waals surface area contributed by atoms with E-state index < -0.39 is 7.60 Å². The first-order valence-corrected chi connectivity index (χ1v) is 6.39. The summed E-state index contributed by atoms with van der Waals surface area (Å²) in [6.07, 6.45) is 0.383. The highest BCUT2D eigenvalue weighted by molar-refractivity contribution is 7.57. The lowest BCUT2D eigenvalue weighted by Gasteiger charge is -2.09. The molecule has 0 radical (unpaired) electrons. The van der Waals surface area contributed by atoms with Gasteiger partial charge in [0.1, 0.15) is 0 Å². The fourth-order valence-corrected chi connectivity index (χ4v) is 2.31. The monoisotopic (exact) mass is 236 g/mol. The van der Waals surface area contributed by atoms with Gasteiger partial charge < -0.3 is 18.5 Å². The van der Waals surface area contributed by atoms with E-state index in [1.807, 2.05) is 6.92 Å². The first-order chi connectivity index (χ1) is 7.13. The molecule has 0 amide bonds. The van der Waals surface area contributed by atoms with E-state index in [0.29, 0.717) is 19.6 Å². The summed E-state index contributed by atoms with van der Waals surface area (Å²) in [7, 11) is -0.357. The van der Waals surface area contributed by atoms with Crippen molar-refractivity contribution in [3.8, 4) is 0 Å². The van der Waals surface area contributed by atoms with Gasteiger partial charge in [-0.3, -0.25) is 4.57 Å². The molecule has 1 saturated heterocycles. The predicted octanol–water partition coefficient (Wildman–Crippen LogP) is 2.14. The molecule has 1 fully saturated rings. The Balaban J connectivity index is 2.59. The second kappa shape index (κ2) is 5.77. The summed E-state index contributed by atoms with van der Waals surface area (Å²) in [5.74, 6) is 1.51. The Morgan fingerprint density at radius 1 is 1.53 bits per heavy atom. The van der Waals surface area contributed by atoms with Crippen LogP contribution in [0.1, 0.15) is 13.3 Å². The topological polar surface area (TPSA) is 54.0 Å². The van der Waals surface area contributed by atoms with Crippen LogP contribution in [0.2, 0.25) is 0 Å². The van der Waals surface area contributed by atoms with Gasteiger partial charge in [0.2, 0.25) is 0 Å². The van der Waals surface area contributed by atoms with Crippen molar-refractivity contribution in [1.82, 2.24) is 0 Å². The molecule has 88 valence electrons. The molecule has 15 heavy (non-hydrogen) atoms. The molecular weight excluding hydrogens is 219 g/mol. The molecule has 1 atom stereocenters. The van der Waals surface area contributed by atoms with Crippen LogP contribution in [0.25, 0.3) is 0 Å². The molecule has 0 spiro atoms. The van der Waals surface area contributed by atoms with Gasteiger partial charge in [0.15, 0.2) is 6.29 Å². The average Bonchev–Trinajstić information content (AvgIpc) is 2.66. The second-order valence-electron chi connectivity index (χ2n) is 3.09. The van der Waals surface area contributed by atoms with Crippen molar-refractivity contribution in [3.05, 3.63) is 11.4 Å². The van der Waals surface area contributed by atoms with Crippen LogP contribution in [0.3, 0.4) is 0 Å². The van der Waals surface area contributed by atoms with Crippen LogP contribution in [-0.2, 0) is 23.1 Å². The molecule has 0 aromatic heterocycles. The predicted molar refractivity (Wildman–Crippen MR) is 55.7 cm³/mol. The van der Waals surface area contributed by atoms with Gasteiger partial charge in [-0.15, -0.1) is 0 Å². The molecule has 0 N–H and O–H groups in total. The quantitative estimate of drug-likeness (QED) is 0.684. The van der Waals surface area contributed by atoms with E-state index in [0.717, 1.165) is 5.57 Å². The summed E-state index contributed by atoms with van der Waals surface area (Å²) < 4.78 is 32.0. The molecular formula is C9H17O5P. The third-order valence-electron chi connectivity index (χ3n) is 2.09. The van der Waals surface area contributed by atoms with Crippen molar-refractivity contribution >= 4 is 7.60 Å². The molecule has 0 aromatic carbocycles. The van der Waals surface area contributed by atoms with E-state index in [4.69, 9.17) is 18.5 Å². The fraction of sp³-hybridized carbons (Fsp3) is 0.778. The molecule has 1 heterocycles. The van der Waals surface area contributed by atoms with E-state index in [2.05, 4.69) is 0 Å². The Hall–Kier alpha value is -0.190. The van der Waals surface area contributed by atoms with E-state index in [1.54, 1.807) is 0 Å². The lowest BCUT2D eigenvalue weighted by atomic mass is 10.3. The standard InChI is InChI=1S/C9H17O5P/c1-4-13-9-5-8(6-14-9)7-15(10,11-2)12-3/h7,9H,4-6H2,1-3H3/b8-7+. The molecule has 1 aliphatic rings. The van der Waals surface area contributed by atoms with Gasteiger partial charge in [-0.05, 0) is 12.5 Å². The van der Waals surface area contributed by atoms with Crippen molar-refractivity contribution in [1.29, 1.82) is 0 Å². The highest BCUT2D eigenvalue weighted by Gasteiger charge is 2.25. The Morgan fingerprint density at radius 2 is 2.20 bits per heavy atom. The third-order valence-corrected chi connectivity index (χ3v) is 3.78. The van der Waals surface area contributed by atoms with Crippen LogP contribution in [0.5, 0.6) is 0 Å². The van der Waals surface area contributed by atoms with Crippen molar-refractivity contribution in [3.63, 3.8) is 0 Å². The molecule has 6 heteroatoms. The summed E-state index contributed by atoms with van der Waals surface area (Å²) in [5.41, 5.74) is 0.889. The Kier molecular flexibility index (Phi) is 4.96. The second-order valence-corrected chi connectivity index (χ2v) is 5.16. The average molecular weight is 236 g/mol. The lowest BCUT2D eigenvalue weighted by molar-refractivity contribution is -0.106. The highest BCUT2D eigenvalue weighted by Crippen LogP contribution is 2.49. The van der Waals surface area contributed by atoms with E-state index >= 15 is 0 Å². The molecule has 0 aliphatic carbocycles. The normalized spacial score (nSPS) is 25.0. The van der Waals surface area contributed by atoms with Crippen LogP contribution in [-0.4, -0.2) is 33.7 Å². The molecule has 5 nitrogen and oxygen atoms in total. The first kappa shape index (κ1) is 12.9. The van der Waals surface area contributed by atoms with Crippen molar-refractivity contribution in [2.75, 3.05) is 27.4 Å². The van der Waals surface area contributed by atoms with E-state index in [9.17, 15) is 4.57 Å². The summed E-state index contributed by atoms with van der Waals surface area (Å²) in [5, 5.41) is 0. The number of rotatable bonds is 5. The molecule has 0 aromatic rings. The molecule has 1 unspecified atom stereocenters. The number of ether oxygens (including phenoxy) is 2. The molecule has 0 saturated carbocycles. The number of hydrogen-bond acceptors (Lipinski definition) is 5. The zero-order chi connectivity index (χ0) is 11.3. The zero-order valence-corrected chi connectivity index (χ0v) is 10.2. The third kappa shape index (κ3) is 3.70. The summed E-state index contributed by atoms with van der Waals surface area (Å²) in [6, 6.07) is 0. The molecule has 0 bridgehead atoms. The highest BCUT2D eigenvalue weighted by atomic mass is 31.2. The SMILES string of the molecule is CCOC1C/C(=C\P(=O)(OC)OC)CO1. The van der Waals surface area contributed by atoms with Gasteiger partial charge in [0.05, 0.1) is 6.61 Å². The minimum absolute atomic E-state index is 0.233. The Labute approximate surface area is 89.9 Å². The van der Waals surface area contributed by atoms with Crippen LogP contribution < -0.4 is 0 Å². The molecule has 1 rings (SSSR count). The van der Waals surface area contributed by atoms with Crippen LogP contribution in [0.4, 0.5) is 0 Å². The zero-order valence-electron chi connectivity index (χ0n) is 9.26. The lowest BCUT2D eigenvalue weighted by Crippen LogP contribution is -2.09. The molecule has 1 aliphatic heterocycles. The maximum atomic E-state index is 11.8. The fourth-order valence-electron chi connectivity index (χ4n) is 1.32. The minimum atomic E-state index is -3.07. The van der Waals surface area contributed by atoms with E-state index in [1.165, 1.54) is 20.0 Å². The van der Waals surface area contributed by atoms with E-state index in [-0.39, 0.29) is 6.29 Å². The van der Waals surface area contributed by atoms with Gasteiger partial charge >= 0.3 is 7.60 Å². The number of hydrogen-bond donors (Lipinski definition) is 0. The first-order valence-electron chi connectivity index (χ1n) is 4.78.